The number of nitrogens with zero attached hydrogens (tertiary/aromatic N) is 2. The van der Waals surface area contributed by atoms with Gasteiger partial charge in [0.2, 0.25) is 11.8 Å². The Kier molecular flexibility index (Phi) is 3.41. The summed E-state index contributed by atoms with van der Waals surface area (Å²) in [5.74, 6) is 2.47. The zero-order valence-corrected chi connectivity index (χ0v) is 11.6. The summed E-state index contributed by atoms with van der Waals surface area (Å²) in [6.45, 7) is 0. The van der Waals surface area contributed by atoms with Crippen molar-refractivity contribution in [3.05, 3.63) is 36.0 Å². The van der Waals surface area contributed by atoms with E-state index in [2.05, 4.69) is 15.3 Å². The van der Waals surface area contributed by atoms with Crippen LogP contribution in [0.1, 0.15) is 24.3 Å². The number of nitrogens with one attached hydrogen (secondary N) is 1. The highest BCUT2D eigenvalue weighted by Gasteiger charge is 2.28. The summed E-state index contributed by atoms with van der Waals surface area (Å²) in [5, 5.41) is 3.16. The standard InChI is InChI=1S/C15H17N3O2/c1-19-13-6-4-3-5-12(13)17-15-16-9-11(10-7-8-10)14(18-15)20-2/h3-6,9-10H,7-8H2,1-2H3,(H,16,17,18). The first kappa shape index (κ1) is 12.7. The van der Waals surface area contributed by atoms with E-state index in [0.717, 1.165) is 17.0 Å². The second kappa shape index (κ2) is 5.36. The van der Waals surface area contributed by atoms with Crippen molar-refractivity contribution < 1.29 is 9.47 Å². The Bertz CT molecular complexity index is 612. The van der Waals surface area contributed by atoms with E-state index < -0.39 is 0 Å². The smallest absolute Gasteiger partial charge is 0.230 e. The molecule has 0 atom stereocenters. The Morgan fingerprint density at radius 2 is 1.95 bits per heavy atom. The molecule has 104 valence electrons. The van der Waals surface area contributed by atoms with E-state index in [9.17, 15) is 0 Å². The molecule has 0 spiro atoms. The number of benzene rings is 1. The van der Waals surface area contributed by atoms with Crippen LogP contribution in [0.3, 0.4) is 0 Å². The molecule has 0 unspecified atom stereocenters. The quantitative estimate of drug-likeness (QED) is 0.905. The first-order chi connectivity index (χ1) is 9.81. The number of para-hydroxylation sites is 2. The summed E-state index contributed by atoms with van der Waals surface area (Å²) < 4.78 is 10.7. The third kappa shape index (κ3) is 2.52. The topological polar surface area (TPSA) is 56.3 Å². The van der Waals surface area contributed by atoms with Crippen molar-refractivity contribution in [1.29, 1.82) is 0 Å². The highest BCUT2D eigenvalue weighted by Crippen LogP contribution is 2.43. The molecular weight excluding hydrogens is 254 g/mol. The van der Waals surface area contributed by atoms with Gasteiger partial charge in [-0.2, -0.15) is 4.98 Å². The lowest BCUT2D eigenvalue weighted by Gasteiger charge is -2.11. The maximum atomic E-state index is 5.36. The van der Waals surface area contributed by atoms with Gasteiger partial charge in [0.25, 0.3) is 0 Å². The van der Waals surface area contributed by atoms with Crippen LogP contribution in [0, 0.1) is 0 Å². The fourth-order valence-electron chi connectivity index (χ4n) is 2.14. The van der Waals surface area contributed by atoms with Crippen LogP contribution in [0.5, 0.6) is 11.6 Å². The lowest BCUT2D eigenvalue weighted by Crippen LogP contribution is -2.02. The molecule has 1 saturated carbocycles. The Hall–Kier alpha value is -2.30. The van der Waals surface area contributed by atoms with Crippen molar-refractivity contribution >= 4 is 11.6 Å². The molecule has 1 N–H and O–H groups in total. The molecule has 5 nitrogen and oxygen atoms in total. The summed E-state index contributed by atoms with van der Waals surface area (Å²) in [5.41, 5.74) is 1.93. The first-order valence-corrected chi connectivity index (χ1v) is 6.62. The van der Waals surface area contributed by atoms with Gasteiger partial charge in [-0.1, -0.05) is 12.1 Å². The largest absolute Gasteiger partial charge is 0.495 e. The summed E-state index contributed by atoms with van der Waals surface area (Å²) >= 11 is 0. The molecule has 1 heterocycles. The van der Waals surface area contributed by atoms with E-state index in [1.807, 2.05) is 30.5 Å². The monoisotopic (exact) mass is 271 g/mol. The second-order valence-corrected chi connectivity index (χ2v) is 4.76. The Labute approximate surface area is 118 Å². The number of hydrogen-bond donors (Lipinski definition) is 1. The third-order valence-electron chi connectivity index (χ3n) is 3.34. The van der Waals surface area contributed by atoms with Gasteiger partial charge in [0.15, 0.2) is 0 Å². The Balaban J connectivity index is 1.87. The average Bonchev–Trinajstić information content (AvgIpc) is 3.32. The zero-order valence-electron chi connectivity index (χ0n) is 11.6. The molecule has 1 aliphatic rings. The Morgan fingerprint density at radius 1 is 1.15 bits per heavy atom. The van der Waals surface area contributed by atoms with Gasteiger partial charge in [0, 0.05) is 11.8 Å². The molecule has 0 radical (unpaired) electrons. The van der Waals surface area contributed by atoms with Crippen molar-refractivity contribution in [3.8, 4) is 11.6 Å². The van der Waals surface area contributed by atoms with Crippen molar-refractivity contribution in [2.75, 3.05) is 19.5 Å². The molecule has 2 aromatic rings. The minimum absolute atomic E-state index is 0.510. The molecule has 0 saturated heterocycles. The number of methoxy groups -OCH3 is 2. The molecule has 3 rings (SSSR count). The van der Waals surface area contributed by atoms with Crippen LogP contribution < -0.4 is 14.8 Å². The third-order valence-corrected chi connectivity index (χ3v) is 3.34. The zero-order chi connectivity index (χ0) is 13.9. The van der Waals surface area contributed by atoms with Crippen molar-refractivity contribution in [2.45, 2.75) is 18.8 Å². The summed E-state index contributed by atoms with van der Waals surface area (Å²) in [6, 6.07) is 7.66. The van der Waals surface area contributed by atoms with Crippen LogP contribution in [0.15, 0.2) is 30.5 Å². The predicted molar refractivity (Wildman–Crippen MR) is 76.8 cm³/mol. The van der Waals surface area contributed by atoms with Gasteiger partial charge in [0.05, 0.1) is 19.9 Å². The van der Waals surface area contributed by atoms with Crippen molar-refractivity contribution in [2.24, 2.45) is 0 Å². The molecule has 0 amide bonds. The maximum absolute atomic E-state index is 5.36. The number of anilines is 2. The molecule has 0 bridgehead atoms. The van der Waals surface area contributed by atoms with E-state index in [1.54, 1.807) is 14.2 Å². The lowest BCUT2D eigenvalue weighted by molar-refractivity contribution is 0.392. The van der Waals surface area contributed by atoms with Gasteiger partial charge >= 0.3 is 0 Å². The molecule has 20 heavy (non-hydrogen) atoms. The molecule has 1 aromatic heterocycles. The number of ether oxygens (including phenoxy) is 2. The second-order valence-electron chi connectivity index (χ2n) is 4.76. The lowest BCUT2D eigenvalue weighted by atomic mass is 10.2. The SMILES string of the molecule is COc1ccccc1Nc1ncc(C2CC2)c(OC)n1. The summed E-state index contributed by atoms with van der Waals surface area (Å²) in [6.07, 6.45) is 4.24. The molecule has 0 aliphatic heterocycles. The van der Waals surface area contributed by atoms with Gasteiger partial charge in [-0.3, -0.25) is 0 Å². The van der Waals surface area contributed by atoms with E-state index in [0.29, 0.717) is 17.7 Å². The van der Waals surface area contributed by atoms with E-state index >= 15 is 0 Å². The fourth-order valence-corrected chi connectivity index (χ4v) is 2.14. The maximum Gasteiger partial charge on any atom is 0.230 e. The molecule has 5 heteroatoms. The highest BCUT2D eigenvalue weighted by molar-refractivity contribution is 5.62. The van der Waals surface area contributed by atoms with Gasteiger partial charge in [-0.05, 0) is 30.9 Å². The van der Waals surface area contributed by atoms with Gasteiger partial charge in [-0.15, -0.1) is 0 Å². The van der Waals surface area contributed by atoms with Crippen LogP contribution in [0.25, 0.3) is 0 Å². The highest BCUT2D eigenvalue weighted by atomic mass is 16.5. The molecule has 1 aromatic carbocycles. The minimum atomic E-state index is 0.510. The van der Waals surface area contributed by atoms with Crippen LogP contribution in [0.2, 0.25) is 0 Å². The van der Waals surface area contributed by atoms with Gasteiger partial charge in [0.1, 0.15) is 5.75 Å². The summed E-state index contributed by atoms with van der Waals surface area (Å²) in [4.78, 5) is 8.78. The normalized spacial score (nSPS) is 13.9. The molecule has 1 fully saturated rings. The predicted octanol–water partition coefficient (Wildman–Crippen LogP) is 3.11. The van der Waals surface area contributed by atoms with Gasteiger partial charge < -0.3 is 14.8 Å². The van der Waals surface area contributed by atoms with E-state index in [1.165, 1.54) is 12.8 Å². The number of rotatable bonds is 5. The number of aromatic nitrogens is 2. The fraction of sp³-hybridized carbons (Fsp3) is 0.333. The molecular formula is C15H17N3O2. The van der Waals surface area contributed by atoms with Gasteiger partial charge in [-0.25, -0.2) is 4.98 Å². The number of hydrogen-bond acceptors (Lipinski definition) is 5. The molecule has 1 aliphatic carbocycles. The minimum Gasteiger partial charge on any atom is -0.495 e. The van der Waals surface area contributed by atoms with E-state index in [-0.39, 0.29) is 0 Å². The van der Waals surface area contributed by atoms with Crippen molar-refractivity contribution in [1.82, 2.24) is 9.97 Å². The van der Waals surface area contributed by atoms with Crippen molar-refractivity contribution in [3.63, 3.8) is 0 Å². The first-order valence-electron chi connectivity index (χ1n) is 6.62. The summed E-state index contributed by atoms with van der Waals surface area (Å²) in [7, 11) is 3.28. The van der Waals surface area contributed by atoms with Crippen LogP contribution in [-0.4, -0.2) is 24.2 Å². The van der Waals surface area contributed by atoms with Crippen LogP contribution in [0.4, 0.5) is 11.6 Å². The van der Waals surface area contributed by atoms with E-state index in [4.69, 9.17) is 9.47 Å². The Morgan fingerprint density at radius 3 is 2.65 bits per heavy atom. The van der Waals surface area contributed by atoms with Crippen LogP contribution >= 0.6 is 0 Å². The van der Waals surface area contributed by atoms with Crippen LogP contribution in [-0.2, 0) is 0 Å². The average molecular weight is 271 g/mol.